The van der Waals surface area contributed by atoms with Gasteiger partial charge in [0.1, 0.15) is 11.3 Å². The molecule has 3 rings (SSSR count). The number of nitrogens with one attached hydrogen (secondary N) is 1. The number of aromatic hydroxyl groups is 1. The number of unbranched alkanes of at least 4 members (excludes halogenated alkanes) is 5. The zero-order valence-electron chi connectivity index (χ0n) is 16.7. The molecule has 152 valence electrons. The summed E-state index contributed by atoms with van der Waals surface area (Å²) in [6.07, 6.45) is 9.72. The molecule has 0 saturated heterocycles. The monoisotopic (exact) mass is 393 g/mol. The Morgan fingerprint density at radius 2 is 1.72 bits per heavy atom. The lowest BCUT2D eigenvalue weighted by atomic mass is 10.1. The molecule has 0 aliphatic carbocycles. The zero-order valence-corrected chi connectivity index (χ0v) is 16.7. The molecule has 1 amide bonds. The van der Waals surface area contributed by atoms with E-state index >= 15 is 0 Å². The van der Waals surface area contributed by atoms with Crippen LogP contribution in [0.3, 0.4) is 0 Å². The lowest BCUT2D eigenvalue weighted by molar-refractivity contribution is 0.102. The molecule has 6 heteroatoms. The van der Waals surface area contributed by atoms with Gasteiger partial charge in [-0.05, 0) is 30.7 Å². The van der Waals surface area contributed by atoms with Crippen molar-refractivity contribution >= 4 is 22.5 Å². The summed E-state index contributed by atoms with van der Waals surface area (Å²) in [5, 5.41) is 13.9. The molecule has 0 radical (unpaired) electrons. The lowest BCUT2D eigenvalue weighted by Gasteiger charge is -2.15. The highest BCUT2D eigenvalue weighted by molar-refractivity contribution is 6.09. The maximum atomic E-state index is 13.1. The van der Waals surface area contributed by atoms with Crippen molar-refractivity contribution in [1.29, 1.82) is 0 Å². The molecule has 0 aliphatic rings. The van der Waals surface area contributed by atoms with Gasteiger partial charge in [0, 0.05) is 30.0 Å². The van der Waals surface area contributed by atoms with Crippen molar-refractivity contribution in [3.05, 3.63) is 64.7 Å². The Morgan fingerprint density at radius 1 is 1.03 bits per heavy atom. The van der Waals surface area contributed by atoms with E-state index < -0.39 is 11.5 Å². The van der Waals surface area contributed by atoms with Gasteiger partial charge in [-0.1, -0.05) is 51.2 Å². The van der Waals surface area contributed by atoms with Gasteiger partial charge in [-0.15, -0.1) is 0 Å². The van der Waals surface area contributed by atoms with Gasteiger partial charge >= 0.3 is 0 Å². The van der Waals surface area contributed by atoms with Crippen molar-refractivity contribution < 1.29 is 9.90 Å². The lowest BCUT2D eigenvalue weighted by Crippen LogP contribution is -2.30. The number of amides is 1. The Bertz CT molecular complexity index is 1030. The van der Waals surface area contributed by atoms with Crippen LogP contribution in [0.1, 0.15) is 55.8 Å². The Balaban J connectivity index is 1.91. The second kappa shape index (κ2) is 9.87. The molecule has 2 N–H and O–H groups in total. The fourth-order valence-electron chi connectivity index (χ4n) is 3.50. The van der Waals surface area contributed by atoms with Gasteiger partial charge in [0.05, 0.1) is 5.52 Å². The summed E-state index contributed by atoms with van der Waals surface area (Å²) in [7, 11) is 0. The van der Waals surface area contributed by atoms with E-state index in [4.69, 9.17) is 0 Å². The maximum Gasteiger partial charge on any atom is 0.267 e. The fraction of sp³-hybridized carbons (Fsp3) is 0.348. The van der Waals surface area contributed by atoms with E-state index in [-0.39, 0.29) is 11.3 Å². The molecule has 6 nitrogen and oxygen atoms in total. The number of pyridine rings is 2. The van der Waals surface area contributed by atoms with Gasteiger partial charge in [0.25, 0.3) is 11.5 Å². The average Bonchev–Trinajstić information content (AvgIpc) is 2.73. The van der Waals surface area contributed by atoms with E-state index in [0.717, 1.165) is 19.3 Å². The summed E-state index contributed by atoms with van der Waals surface area (Å²) < 4.78 is 1.61. The van der Waals surface area contributed by atoms with E-state index in [1.807, 2.05) is 6.07 Å². The number of carbonyl (C=O) groups excluding carboxylic acids is 1. The van der Waals surface area contributed by atoms with Crippen LogP contribution in [0.15, 0.2) is 53.6 Å². The van der Waals surface area contributed by atoms with Crippen LogP contribution in [0, 0.1) is 0 Å². The summed E-state index contributed by atoms with van der Waals surface area (Å²) in [5.74, 6) is -0.905. The highest BCUT2D eigenvalue weighted by atomic mass is 16.3. The van der Waals surface area contributed by atoms with E-state index in [9.17, 15) is 14.7 Å². The molecule has 29 heavy (non-hydrogen) atoms. The van der Waals surface area contributed by atoms with E-state index in [1.165, 1.54) is 19.3 Å². The van der Waals surface area contributed by atoms with Gasteiger partial charge in [0.15, 0.2) is 0 Å². The number of hydrogen-bond acceptors (Lipinski definition) is 4. The van der Waals surface area contributed by atoms with Crippen LogP contribution in [-0.4, -0.2) is 20.6 Å². The van der Waals surface area contributed by atoms with Gasteiger partial charge in [0.2, 0.25) is 0 Å². The predicted octanol–water partition coefficient (Wildman–Crippen LogP) is 4.71. The summed E-state index contributed by atoms with van der Waals surface area (Å²) in [5.41, 5.74) is 0.455. The van der Waals surface area contributed by atoms with Crippen molar-refractivity contribution in [2.24, 2.45) is 0 Å². The minimum absolute atomic E-state index is 0.230. The van der Waals surface area contributed by atoms with Crippen molar-refractivity contribution in [3.8, 4) is 5.75 Å². The standard InChI is InChI=1S/C23H27N3O3/c1-2-3-4-5-6-9-16-26-19-11-8-7-10-18(19)21(27)20(23(26)29)22(28)25-17-12-14-24-15-13-17/h7-8,10-15,27H,2-6,9,16H2,1H3,(H,24,25,28). The minimum atomic E-state index is -0.624. The van der Waals surface area contributed by atoms with Crippen molar-refractivity contribution in [2.45, 2.75) is 52.0 Å². The first-order valence-electron chi connectivity index (χ1n) is 10.2. The van der Waals surface area contributed by atoms with Crippen LogP contribution in [0.5, 0.6) is 5.75 Å². The SMILES string of the molecule is CCCCCCCCn1c(=O)c(C(=O)Nc2ccncc2)c(O)c2ccccc21. The number of rotatable bonds is 9. The molecule has 0 saturated carbocycles. The molecule has 2 aromatic heterocycles. The molecule has 0 unspecified atom stereocenters. The van der Waals surface area contributed by atoms with Gasteiger partial charge in [-0.3, -0.25) is 14.6 Å². The average molecular weight is 393 g/mol. The molecule has 0 bridgehead atoms. The highest BCUT2D eigenvalue weighted by Crippen LogP contribution is 2.27. The number of anilines is 1. The second-order valence-corrected chi connectivity index (χ2v) is 7.16. The number of aryl methyl sites for hydroxylation is 1. The predicted molar refractivity (Wildman–Crippen MR) is 115 cm³/mol. The zero-order chi connectivity index (χ0) is 20.6. The van der Waals surface area contributed by atoms with E-state index in [1.54, 1.807) is 47.3 Å². The number of fused-ring (bicyclic) bond motifs is 1. The Morgan fingerprint density at radius 3 is 2.48 bits per heavy atom. The maximum absolute atomic E-state index is 13.1. The molecule has 0 atom stereocenters. The third-order valence-corrected chi connectivity index (χ3v) is 5.05. The van der Waals surface area contributed by atoms with Crippen molar-refractivity contribution in [2.75, 3.05) is 5.32 Å². The molecule has 0 fully saturated rings. The highest BCUT2D eigenvalue weighted by Gasteiger charge is 2.22. The summed E-state index contributed by atoms with van der Waals surface area (Å²) in [4.78, 5) is 29.8. The fourth-order valence-corrected chi connectivity index (χ4v) is 3.50. The summed E-state index contributed by atoms with van der Waals surface area (Å²) in [6.45, 7) is 2.70. The number of para-hydroxylation sites is 1. The van der Waals surface area contributed by atoms with Gasteiger partial charge < -0.3 is 15.0 Å². The minimum Gasteiger partial charge on any atom is -0.506 e. The Labute approximate surface area is 170 Å². The van der Waals surface area contributed by atoms with Crippen LogP contribution >= 0.6 is 0 Å². The number of aromatic nitrogens is 2. The molecule has 2 heterocycles. The van der Waals surface area contributed by atoms with Crippen molar-refractivity contribution in [3.63, 3.8) is 0 Å². The van der Waals surface area contributed by atoms with Crippen LogP contribution in [0.25, 0.3) is 10.9 Å². The number of benzene rings is 1. The normalized spacial score (nSPS) is 10.9. The molecule has 0 spiro atoms. The topological polar surface area (TPSA) is 84.2 Å². The third-order valence-electron chi connectivity index (χ3n) is 5.05. The van der Waals surface area contributed by atoms with Gasteiger partial charge in [-0.2, -0.15) is 0 Å². The summed E-state index contributed by atoms with van der Waals surface area (Å²) in [6, 6.07) is 10.4. The molecular weight excluding hydrogens is 366 g/mol. The van der Waals surface area contributed by atoms with Gasteiger partial charge in [-0.25, -0.2) is 0 Å². The smallest absolute Gasteiger partial charge is 0.267 e. The summed E-state index contributed by atoms with van der Waals surface area (Å²) >= 11 is 0. The quantitative estimate of drug-likeness (QED) is 0.516. The first-order valence-corrected chi connectivity index (χ1v) is 10.2. The first-order chi connectivity index (χ1) is 14.1. The Hall–Kier alpha value is -3.15. The molecular formula is C23H27N3O3. The molecule has 1 aromatic carbocycles. The third kappa shape index (κ3) is 4.83. The van der Waals surface area contributed by atoms with Crippen molar-refractivity contribution in [1.82, 2.24) is 9.55 Å². The number of nitrogens with zero attached hydrogens (tertiary/aromatic N) is 2. The number of carbonyl (C=O) groups is 1. The largest absolute Gasteiger partial charge is 0.506 e. The van der Waals surface area contributed by atoms with Crippen LogP contribution in [-0.2, 0) is 6.54 Å². The van der Waals surface area contributed by atoms with E-state index in [2.05, 4.69) is 17.2 Å². The van der Waals surface area contributed by atoms with E-state index in [0.29, 0.717) is 23.1 Å². The Kier molecular flexibility index (Phi) is 7.00. The first kappa shape index (κ1) is 20.6. The van der Waals surface area contributed by atoms with Crippen LogP contribution in [0.2, 0.25) is 0 Å². The second-order valence-electron chi connectivity index (χ2n) is 7.16. The van der Waals surface area contributed by atoms with Crippen LogP contribution in [0.4, 0.5) is 5.69 Å². The van der Waals surface area contributed by atoms with Crippen LogP contribution < -0.4 is 10.9 Å². The molecule has 3 aromatic rings. The number of hydrogen-bond donors (Lipinski definition) is 2. The molecule has 0 aliphatic heterocycles.